The second kappa shape index (κ2) is 10.2. The largest absolute Gasteiger partial charge is 0.508 e. The van der Waals surface area contributed by atoms with E-state index in [-0.39, 0.29) is 12.4 Å². The van der Waals surface area contributed by atoms with Gasteiger partial charge in [-0.3, -0.25) is 0 Å². The molecule has 4 N–H and O–H groups in total. The van der Waals surface area contributed by atoms with Crippen LogP contribution in [0.5, 0.6) is 5.75 Å². The van der Waals surface area contributed by atoms with Gasteiger partial charge in [0.05, 0.1) is 18.8 Å². The zero-order valence-corrected chi connectivity index (χ0v) is 13.7. The molecule has 1 rings (SSSR count). The lowest BCUT2D eigenvalue weighted by Crippen LogP contribution is -2.32. The first-order chi connectivity index (χ1) is 11.0. The smallest absolute Gasteiger partial charge is 0.115 e. The van der Waals surface area contributed by atoms with Gasteiger partial charge >= 0.3 is 0 Å². The number of hydrogen-bond acceptors (Lipinski definition) is 4. The minimum absolute atomic E-state index is 0.237. The molecule has 0 heterocycles. The summed E-state index contributed by atoms with van der Waals surface area (Å²) in [7, 11) is 0. The molecule has 0 saturated heterocycles. The lowest BCUT2D eigenvalue weighted by Gasteiger charge is -2.23. The van der Waals surface area contributed by atoms with Gasteiger partial charge in [-0.25, -0.2) is 0 Å². The average Bonchev–Trinajstić information content (AvgIpc) is 2.55. The summed E-state index contributed by atoms with van der Waals surface area (Å²) in [5.74, 6) is -0.294. The Morgan fingerprint density at radius 3 is 2.30 bits per heavy atom. The van der Waals surface area contributed by atoms with Crippen LogP contribution in [0.3, 0.4) is 0 Å². The number of aromatic hydroxyl groups is 1. The van der Waals surface area contributed by atoms with Crippen molar-refractivity contribution >= 4 is 6.08 Å². The van der Waals surface area contributed by atoms with Crippen LogP contribution in [0.2, 0.25) is 0 Å². The second-order valence-corrected chi connectivity index (χ2v) is 5.81. The van der Waals surface area contributed by atoms with Gasteiger partial charge in [0.25, 0.3) is 0 Å². The van der Waals surface area contributed by atoms with Crippen LogP contribution in [0.15, 0.2) is 42.5 Å². The number of aliphatic hydroxyl groups excluding tert-OH is 3. The number of aliphatic hydroxyl groups is 3. The van der Waals surface area contributed by atoms with Gasteiger partial charge in [-0.05, 0) is 37.0 Å². The van der Waals surface area contributed by atoms with Crippen molar-refractivity contribution in [3.05, 3.63) is 48.1 Å². The maximum absolute atomic E-state index is 10.2. The maximum Gasteiger partial charge on any atom is 0.115 e. The second-order valence-electron chi connectivity index (χ2n) is 5.81. The standard InChI is InChI=1S/C19H28O4/c1-3-5-14(12-15-6-9-16(21)10-7-15)8-11-18(22)17(4-2)19(23)13-20/h4,6-7,9-10,12,17-23H,2-3,5,8,11,13H2,1H3/b14-12+/t17-,18-,19-/m1/s1. The van der Waals surface area contributed by atoms with Crippen molar-refractivity contribution in [1.29, 1.82) is 0 Å². The molecule has 0 saturated carbocycles. The molecular weight excluding hydrogens is 292 g/mol. The van der Waals surface area contributed by atoms with E-state index in [9.17, 15) is 15.3 Å². The van der Waals surface area contributed by atoms with E-state index in [1.165, 1.54) is 11.6 Å². The lowest BCUT2D eigenvalue weighted by molar-refractivity contribution is 0.00209. The van der Waals surface area contributed by atoms with Crippen molar-refractivity contribution < 1.29 is 20.4 Å². The van der Waals surface area contributed by atoms with Crippen molar-refractivity contribution in [3.63, 3.8) is 0 Å². The van der Waals surface area contributed by atoms with Gasteiger partial charge in [0, 0.05) is 5.92 Å². The molecule has 1 aromatic carbocycles. The summed E-state index contributed by atoms with van der Waals surface area (Å²) >= 11 is 0. The summed E-state index contributed by atoms with van der Waals surface area (Å²) in [5.41, 5.74) is 2.22. The Balaban J connectivity index is 2.72. The third-order valence-electron chi connectivity index (χ3n) is 3.94. The molecule has 0 bridgehead atoms. The molecule has 4 nitrogen and oxygen atoms in total. The van der Waals surface area contributed by atoms with Crippen LogP contribution in [0.4, 0.5) is 0 Å². The first kappa shape index (κ1) is 19.4. The molecular formula is C19H28O4. The maximum atomic E-state index is 10.2. The molecule has 128 valence electrons. The van der Waals surface area contributed by atoms with E-state index in [0.717, 1.165) is 18.4 Å². The Bertz CT molecular complexity index is 493. The van der Waals surface area contributed by atoms with Crippen molar-refractivity contribution in [2.75, 3.05) is 6.61 Å². The van der Waals surface area contributed by atoms with Crippen molar-refractivity contribution in [1.82, 2.24) is 0 Å². The number of phenolic OH excluding ortho intramolecular Hbond substituents is 1. The first-order valence-electron chi connectivity index (χ1n) is 8.09. The van der Waals surface area contributed by atoms with Gasteiger partial charge in [-0.1, -0.05) is 43.2 Å². The number of rotatable bonds is 10. The summed E-state index contributed by atoms with van der Waals surface area (Å²) in [5, 5.41) is 38.3. The van der Waals surface area contributed by atoms with E-state index >= 15 is 0 Å². The summed E-state index contributed by atoms with van der Waals surface area (Å²) in [6.45, 7) is 5.33. The highest BCUT2D eigenvalue weighted by molar-refractivity contribution is 5.53. The topological polar surface area (TPSA) is 80.9 Å². The summed E-state index contributed by atoms with van der Waals surface area (Å²) in [6.07, 6.45) is 4.97. The number of hydrogen-bond donors (Lipinski definition) is 4. The fourth-order valence-electron chi connectivity index (χ4n) is 2.61. The predicted molar refractivity (Wildman–Crippen MR) is 93.0 cm³/mol. The van der Waals surface area contributed by atoms with Crippen LogP contribution < -0.4 is 0 Å². The number of allylic oxidation sites excluding steroid dienone is 1. The minimum atomic E-state index is -0.988. The highest BCUT2D eigenvalue weighted by Gasteiger charge is 2.23. The Morgan fingerprint density at radius 1 is 1.13 bits per heavy atom. The van der Waals surface area contributed by atoms with Gasteiger partial charge in [-0.15, -0.1) is 6.58 Å². The number of phenols is 1. The van der Waals surface area contributed by atoms with Crippen molar-refractivity contribution in [2.24, 2.45) is 5.92 Å². The van der Waals surface area contributed by atoms with Crippen molar-refractivity contribution in [3.8, 4) is 5.75 Å². The van der Waals surface area contributed by atoms with Crippen LogP contribution in [0.25, 0.3) is 6.08 Å². The van der Waals surface area contributed by atoms with Crippen LogP contribution >= 0.6 is 0 Å². The third-order valence-corrected chi connectivity index (χ3v) is 3.94. The third kappa shape index (κ3) is 6.57. The Hall–Kier alpha value is -1.62. The van der Waals surface area contributed by atoms with Crippen LogP contribution in [0, 0.1) is 5.92 Å². The molecule has 0 amide bonds. The molecule has 1 aromatic rings. The highest BCUT2D eigenvalue weighted by Crippen LogP contribution is 2.22. The molecule has 0 aromatic heterocycles. The molecule has 0 aliphatic carbocycles. The quantitative estimate of drug-likeness (QED) is 0.500. The fourth-order valence-corrected chi connectivity index (χ4v) is 2.61. The molecule has 0 aliphatic rings. The highest BCUT2D eigenvalue weighted by atomic mass is 16.3. The SMILES string of the molecule is C=C[C@@H]([C@H](O)CO)[C@H](O)CC/C(=C/c1ccc(O)cc1)CCC. The molecule has 4 heteroatoms. The van der Waals surface area contributed by atoms with Gasteiger partial charge in [0.1, 0.15) is 5.75 Å². The van der Waals surface area contributed by atoms with Crippen LogP contribution in [0.1, 0.15) is 38.2 Å². The summed E-state index contributed by atoms with van der Waals surface area (Å²) < 4.78 is 0. The normalized spacial score (nSPS) is 15.9. The van der Waals surface area contributed by atoms with E-state index in [0.29, 0.717) is 12.8 Å². The fraction of sp³-hybridized carbons (Fsp3) is 0.474. The Labute approximate surface area is 138 Å². The lowest BCUT2D eigenvalue weighted by atomic mass is 9.90. The molecule has 0 fully saturated rings. The average molecular weight is 320 g/mol. The minimum Gasteiger partial charge on any atom is -0.508 e. The predicted octanol–water partition coefficient (Wildman–Crippen LogP) is 2.87. The van der Waals surface area contributed by atoms with Gasteiger partial charge in [0.2, 0.25) is 0 Å². The molecule has 0 aliphatic heterocycles. The zero-order valence-electron chi connectivity index (χ0n) is 13.7. The molecule has 0 spiro atoms. The molecule has 3 atom stereocenters. The van der Waals surface area contributed by atoms with Gasteiger partial charge in [-0.2, -0.15) is 0 Å². The zero-order chi connectivity index (χ0) is 17.2. The molecule has 23 heavy (non-hydrogen) atoms. The van der Waals surface area contributed by atoms with E-state index in [4.69, 9.17) is 5.11 Å². The van der Waals surface area contributed by atoms with Crippen LogP contribution in [-0.4, -0.2) is 39.2 Å². The van der Waals surface area contributed by atoms with Crippen molar-refractivity contribution in [2.45, 2.75) is 44.8 Å². The Kier molecular flexibility index (Phi) is 8.62. The molecule has 0 radical (unpaired) electrons. The van der Waals surface area contributed by atoms with Gasteiger partial charge < -0.3 is 20.4 Å². The summed E-state index contributed by atoms with van der Waals surface area (Å²) in [4.78, 5) is 0. The summed E-state index contributed by atoms with van der Waals surface area (Å²) in [6, 6.07) is 7.00. The van der Waals surface area contributed by atoms with Crippen LogP contribution in [-0.2, 0) is 0 Å². The van der Waals surface area contributed by atoms with E-state index in [1.807, 2.05) is 12.1 Å². The van der Waals surface area contributed by atoms with E-state index in [1.54, 1.807) is 12.1 Å². The number of benzene rings is 1. The molecule has 0 unspecified atom stereocenters. The monoisotopic (exact) mass is 320 g/mol. The van der Waals surface area contributed by atoms with E-state index < -0.39 is 18.1 Å². The first-order valence-corrected chi connectivity index (χ1v) is 8.09. The Morgan fingerprint density at radius 2 is 1.78 bits per heavy atom. The van der Waals surface area contributed by atoms with E-state index in [2.05, 4.69) is 19.6 Å². The van der Waals surface area contributed by atoms with Gasteiger partial charge in [0.15, 0.2) is 0 Å².